The fourth-order valence-electron chi connectivity index (χ4n) is 2.87. The van der Waals surface area contributed by atoms with E-state index in [-0.39, 0.29) is 22.9 Å². The molecule has 3 aromatic rings. The first-order chi connectivity index (χ1) is 13.1. The molecule has 5 nitrogen and oxygen atoms in total. The van der Waals surface area contributed by atoms with E-state index in [4.69, 9.17) is 4.52 Å². The molecular weight excluding hydrogens is 352 g/mol. The van der Waals surface area contributed by atoms with Crippen LogP contribution >= 0.6 is 0 Å². The predicted molar refractivity (Wildman–Crippen MR) is 110 cm³/mol. The molecule has 0 fully saturated rings. The summed E-state index contributed by atoms with van der Waals surface area (Å²) in [6, 6.07) is 14.8. The minimum absolute atomic E-state index is 0.0389. The van der Waals surface area contributed by atoms with E-state index in [0.717, 1.165) is 11.1 Å². The van der Waals surface area contributed by atoms with Crippen molar-refractivity contribution in [1.82, 2.24) is 5.16 Å². The highest BCUT2D eigenvalue weighted by molar-refractivity contribution is 6.04. The highest BCUT2D eigenvalue weighted by Crippen LogP contribution is 2.27. The number of anilines is 1. The second-order valence-electron chi connectivity index (χ2n) is 7.94. The summed E-state index contributed by atoms with van der Waals surface area (Å²) >= 11 is 0. The van der Waals surface area contributed by atoms with Gasteiger partial charge in [-0.1, -0.05) is 44.1 Å². The summed E-state index contributed by atoms with van der Waals surface area (Å²) in [5, 5.41) is 6.89. The molecule has 0 aliphatic carbocycles. The molecule has 144 valence electrons. The van der Waals surface area contributed by atoms with E-state index in [1.165, 1.54) is 12.5 Å². The number of Topliss-reactive ketones (excluding diaryl/α,β-unsaturated/α-hetero) is 1. The molecular formula is C23H24N2O3. The lowest BCUT2D eigenvalue weighted by molar-refractivity contribution is 0.0977. The first kappa shape index (κ1) is 19.5. The van der Waals surface area contributed by atoms with E-state index in [1.807, 2.05) is 49.4 Å². The number of nitrogens with one attached hydrogen (secondary N) is 1. The van der Waals surface area contributed by atoms with Crippen molar-refractivity contribution < 1.29 is 14.1 Å². The Labute approximate surface area is 164 Å². The van der Waals surface area contributed by atoms with Gasteiger partial charge in [-0.25, -0.2) is 0 Å². The molecule has 3 rings (SSSR count). The minimum atomic E-state index is -0.181. The lowest BCUT2D eigenvalue weighted by atomic mass is 9.87. The first-order valence-corrected chi connectivity index (χ1v) is 9.16. The number of rotatable bonds is 4. The van der Waals surface area contributed by atoms with Gasteiger partial charge < -0.3 is 9.84 Å². The van der Waals surface area contributed by atoms with Crippen molar-refractivity contribution in [2.75, 3.05) is 5.32 Å². The van der Waals surface area contributed by atoms with Gasteiger partial charge in [-0.2, -0.15) is 0 Å². The number of amides is 1. The van der Waals surface area contributed by atoms with Crippen molar-refractivity contribution in [3.63, 3.8) is 0 Å². The number of aryl methyl sites for hydroxylation is 1. The Kier molecular flexibility index (Phi) is 5.18. The van der Waals surface area contributed by atoms with Gasteiger partial charge in [-0.15, -0.1) is 0 Å². The number of hydrogen-bond acceptors (Lipinski definition) is 4. The molecule has 5 heteroatoms. The standard InChI is InChI=1S/C23H24N2O3/c1-14-6-11-18(12-19(14)20-13-21(15(2)26)28-25-20)24-22(27)16-7-9-17(10-8-16)23(3,4)5/h6-13H,1-5H3,(H,24,27). The van der Waals surface area contributed by atoms with Crippen LogP contribution in [0.4, 0.5) is 5.69 Å². The molecule has 0 saturated heterocycles. The Morgan fingerprint density at radius 2 is 1.68 bits per heavy atom. The van der Waals surface area contributed by atoms with Crippen LogP contribution in [0.1, 0.15) is 59.7 Å². The number of nitrogens with zero attached hydrogens (tertiary/aromatic N) is 1. The van der Waals surface area contributed by atoms with Crippen molar-refractivity contribution in [2.24, 2.45) is 0 Å². The third kappa shape index (κ3) is 4.19. The normalized spacial score (nSPS) is 11.3. The summed E-state index contributed by atoms with van der Waals surface area (Å²) in [4.78, 5) is 24.1. The summed E-state index contributed by atoms with van der Waals surface area (Å²) in [7, 11) is 0. The summed E-state index contributed by atoms with van der Waals surface area (Å²) < 4.78 is 5.08. The van der Waals surface area contributed by atoms with Gasteiger partial charge in [0.1, 0.15) is 5.69 Å². The van der Waals surface area contributed by atoms with E-state index < -0.39 is 0 Å². The van der Waals surface area contributed by atoms with Crippen LogP contribution in [0, 0.1) is 6.92 Å². The van der Waals surface area contributed by atoms with Gasteiger partial charge >= 0.3 is 0 Å². The minimum Gasteiger partial charge on any atom is -0.353 e. The number of ketones is 1. The molecule has 1 amide bonds. The number of aromatic nitrogens is 1. The van der Waals surface area contributed by atoms with Crippen LogP contribution in [0.25, 0.3) is 11.3 Å². The topological polar surface area (TPSA) is 72.2 Å². The van der Waals surface area contributed by atoms with Crippen molar-refractivity contribution in [3.8, 4) is 11.3 Å². The molecule has 0 bridgehead atoms. The lowest BCUT2D eigenvalue weighted by Gasteiger charge is -2.19. The average Bonchev–Trinajstić information content (AvgIpc) is 3.13. The Morgan fingerprint density at radius 3 is 2.25 bits per heavy atom. The summed E-state index contributed by atoms with van der Waals surface area (Å²) in [5.74, 6) is -0.151. The Morgan fingerprint density at radius 1 is 1.00 bits per heavy atom. The van der Waals surface area contributed by atoms with Crippen molar-refractivity contribution >= 4 is 17.4 Å². The molecule has 0 aliphatic rings. The Bertz CT molecular complexity index is 1020. The molecule has 1 N–H and O–H groups in total. The third-order valence-electron chi connectivity index (χ3n) is 4.64. The summed E-state index contributed by atoms with van der Waals surface area (Å²) in [6.45, 7) is 9.78. The maximum atomic E-state index is 12.6. The SMILES string of the molecule is CC(=O)c1cc(-c2cc(NC(=O)c3ccc(C(C)(C)C)cc3)ccc2C)no1. The predicted octanol–water partition coefficient (Wildman–Crippen LogP) is 5.40. The zero-order chi connectivity index (χ0) is 20.5. The molecule has 2 aromatic carbocycles. The monoisotopic (exact) mass is 376 g/mol. The molecule has 0 aliphatic heterocycles. The van der Waals surface area contributed by atoms with E-state index in [2.05, 4.69) is 31.2 Å². The van der Waals surface area contributed by atoms with E-state index >= 15 is 0 Å². The highest BCUT2D eigenvalue weighted by atomic mass is 16.5. The van der Waals surface area contributed by atoms with Crippen LogP contribution < -0.4 is 5.32 Å². The third-order valence-corrected chi connectivity index (χ3v) is 4.64. The quantitative estimate of drug-likeness (QED) is 0.619. The van der Waals surface area contributed by atoms with E-state index in [1.54, 1.807) is 6.07 Å². The van der Waals surface area contributed by atoms with Gasteiger partial charge in [0.25, 0.3) is 5.91 Å². The molecule has 0 spiro atoms. The molecule has 0 unspecified atom stereocenters. The fourth-order valence-corrected chi connectivity index (χ4v) is 2.87. The molecule has 28 heavy (non-hydrogen) atoms. The Hall–Kier alpha value is -3.21. The van der Waals surface area contributed by atoms with Crippen LogP contribution in [-0.2, 0) is 5.41 Å². The van der Waals surface area contributed by atoms with Gasteiger partial charge in [0, 0.05) is 29.8 Å². The maximum Gasteiger partial charge on any atom is 0.255 e. The molecule has 0 atom stereocenters. The largest absolute Gasteiger partial charge is 0.353 e. The van der Waals surface area contributed by atoms with Crippen LogP contribution in [0.3, 0.4) is 0 Å². The second-order valence-corrected chi connectivity index (χ2v) is 7.94. The van der Waals surface area contributed by atoms with Crippen LogP contribution in [0.15, 0.2) is 53.1 Å². The summed E-state index contributed by atoms with van der Waals surface area (Å²) in [6.07, 6.45) is 0. The van der Waals surface area contributed by atoms with Gasteiger partial charge in [0.15, 0.2) is 5.78 Å². The zero-order valence-corrected chi connectivity index (χ0v) is 16.8. The van der Waals surface area contributed by atoms with Gasteiger partial charge in [-0.3, -0.25) is 9.59 Å². The molecule has 0 saturated carbocycles. The number of carbonyl (C=O) groups is 2. The van der Waals surface area contributed by atoms with Gasteiger partial charge in [0.05, 0.1) is 0 Å². The van der Waals surface area contributed by atoms with Crippen molar-refractivity contribution in [2.45, 2.75) is 40.0 Å². The average molecular weight is 376 g/mol. The smallest absolute Gasteiger partial charge is 0.255 e. The van der Waals surface area contributed by atoms with Crippen LogP contribution in [0.5, 0.6) is 0 Å². The summed E-state index contributed by atoms with van der Waals surface area (Å²) in [5.41, 5.74) is 4.79. The van der Waals surface area contributed by atoms with Crippen LogP contribution in [0.2, 0.25) is 0 Å². The van der Waals surface area contributed by atoms with Crippen molar-refractivity contribution in [1.29, 1.82) is 0 Å². The number of benzene rings is 2. The van der Waals surface area contributed by atoms with Gasteiger partial charge in [-0.05, 0) is 47.7 Å². The first-order valence-electron chi connectivity index (χ1n) is 9.16. The fraction of sp³-hybridized carbons (Fsp3) is 0.261. The maximum absolute atomic E-state index is 12.6. The molecule has 0 radical (unpaired) electrons. The number of carbonyl (C=O) groups excluding carboxylic acids is 2. The highest BCUT2D eigenvalue weighted by Gasteiger charge is 2.16. The van der Waals surface area contributed by atoms with E-state index in [9.17, 15) is 9.59 Å². The van der Waals surface area contributed by atoms with Gasteiger partial charge in [0.2, 0.25) is 5.76 Å². The number of hydrogen-bond donors (Lipinski definition) is 1. The molecule has 1 heterocycles. The van der Waals surface area contributed by atoms with Crippen LogP contribution in [-0.4, -0.2) is 16.8 Å². The van der Waals surface area contributed by atoms with E-state index in [0.29, 0.717) is 16.9 Å². The zero-order valence-electron chi connectivity index (χ0n) is 16.8. The second kappa shape index (κ2) is 7.43. The Balaban J connectivity index is 1.82. The van der Waals surface area contributed by atoms with Crippen molar-refractivity contribution in [3.05, 3.63) is 71.0 Å². The molecule has 1 aromatic heterocycles. The lowest BCUT2D eigenvalue weighted by Crippen LogP contribution is -2.14.